The van der Waals surface area contributed by atoms with Crippen molar-refractivity contribution in [1.82, 2.24) is 0 Å². The molecular weight excluding hydrogens is 376 g/mol. The van der Waals surface area contributed by atoms with Gasteiger partial charge in [0.05, 0.1) is 6.61 Å². The van der Waals surface area contributed by atoms with Crippen LogP contribution in [0.1, 0.15) is 48.0 Å². The van der Waals surface area contributed by atoms with Gasteiger partial charge >= 0.3 is 5.97 Å². The third-order valence-corrected chi connectivity index (χ3v) is 10.7. The number of esters is 1. The summed E-state index contributed by atoms with van der Waals surface area (Å²) in [5.74, 6) is 0.325. The van der Waals surface area contributed by atoms with Crippen LogP contribution in [0.2, 0.25) is 5.04 Å². The summed E-state index contributed by atoms with van der Waals surface area (Å²) in [6.45, 7) is 14.0. The maximum atomic E-state index is 11.9. The summed E-state index contributed by atoms with van der Waals surface area (Å²) in [6.07, 6.45) is 0.430. The lowest BCUT2D eigenvalue weighted by Crippen LogP contribution is -2.67. The molecule has 0 heterocycles. The molecule has 0 amide bonds. The summed E-state index contributed by atoms with van der Waals surface area (Å²) in [4.78, 5) is 11.9. The first-order valence-electron chi connectivity index (χ1n) is 10.6. The van der Waals surface area contributed by atoms with Crippen LogP contribution in [0, 0.1) is 11.8 Å². The van der Waals surface area contributed by atoms with E-state index >= 15 is 0 Å². The molecule has 0 bridgehead atoms. The van der Waals surface area contributed by atoms with Crippen LogP contribution >= 0.6 is 0 Å². The Labute approximate surface area is 177 Å². The van der Waals surface area contributed by atoms with Crippen molar-refractivity contribution in [2.75, 3.05) is 13.2 Å². The fourth-order valence-electron chi connectivity index (χ4n) is 3.87. The summed E-state index contributed by atoms with van der Waals surface area (Å²) < 4.78 is 12.1. The maximum Gasteiger partial charge on any atom is 0.306 e. The van der Waals surface area contributed by atoms with Gasteiger partial charge in [-0.3, -0.25) is 4.79 Å². The predicted octanol–water partition coefficient (Wildman–Crippen LogP) is 4.79. The molecule has 2 atom stereocenters. The van der Waals surface area contributed by atoms with Crippen LogP contribution in [-0.4, -0.2) is 27.5 Å². The molecule has 0 aromatic heterocycles. The number of carbonyl (C=O) groups is 1. The molecule has 29 heavy (non-hydrogen) atoms. The predicted molar refractivity (Wildman–Crippen MR) is 123 cm³/mol. The quantitative estimate of drug-likeness (QED) is 0.439. The van der Waals surface area contributed by atoms with E-state index in [0.29, 0.717) is 19.6 Å². The Morgan fingerprint density at radius 2 is 1.38 bits per heavy atom. The van der Waals surface area contributed by atoms with E-state index < -0.39 is 8.32 Å². The first-order valence-corrected chi connectivity index (χ1v) is 12.5. The zero-order valence-corrected chi connectivity index (χ0v) is 19.8. The van der Waals surface area contributed by atoms with Gasteiger partial charge in [-0.1, -0.05) is 95.3 Å². The summed E-state index contributed by atoms with van der Waals surface area (Å²) in [5, 5.41) is 2.52. The Balaban J connectivity index is 2.35. The average molecular weight is 413 g/mol. The number of hydrogen-bond acceptors (Lipinski definition) is 3. The highest BCUT2D eigenvalue weighted by molar-refractivity contribution is 6.99. The maximum absolute atomic E-state index is 11.9. The molecule has 2 aromatic carbocycles. The second-order valence-electron chi connectivity index (χ2n) is 8.94. The molecule has 0 fully saturated rings. The molecule has 3 nitrogen and oxygen atoms in total. The molecule has 0 unspecified atom stereocenters. The van der Waals surface area contributed by atoms with Crippen LogP contribution in [0.3, 0.4) is 0 Å². The van der Waals surface area contributed by atoms with Gasteiger partial charge in [-0.15, -0.1) is 0 Å². The van der Waals surface area contributed by atoms with Gasteiger partial charge in [-0.05, 0) is 34.2 Å². The largest absolute Gasteiger partial charge is 0.466 e. The zero-order valence-electron chi connectivity index (χ0n) is 18.8. The van der Waals surface area contributed by atoms with E-state index in [4.69, 9.17) is 9.16 Å². The van der Waals surface area contributed by atoms with E-state index in [1.807, 2.05) is 6.92 Å². The van der Waals surface area contributed by atoms with Crippen molar-refractivity contribution >= 4 is 24.7 Å². The highest BCUT2D eigenvalue weighted by Crippen LogP contribution is 2.37. The van der Waals surface area contributed by atoms with Gasteiger partial charge in [0.25, 0.3) is 8.32 Å². The van der Waals surface area contributed by atoms with Crippen molar-refractivity contribution in [3.8, 4) is 0 Å². The topological polar surface area (TPSA) is 35.5 Å². The minimum Gasteiger partial charge on any atom is -0.466 e. The molecule has 0 aliphatic rings. The molecular formula is C25H36O3Si. The number of rotatable bonds is 9. The second-order valence-corrected chi connectivity index (χ2v) is 13.2. The SMILES string of the molecule is CCOC(=O)C[C@H](C)[C@H](C)CO[Si](c1ccccc1)(c1ccccc1)C(C)(C)C. The lowest BCUT2D eigenvalue weighted by atomic mass is 9.94. The molecule has 158 valence electrons. The summed E-state index contributed by atoms with van der Waals surface area (Å²) >= 11 is 0. The van der Waals surface area contributed by atoms with Crippen LogP contribution in [-0.2, 0) is 14.0 Å². The molecule has 0 spiro atoms. The standard InChI is InChI=1S/C25H36O3Si/c1-7-27-24(26)18-20(2)21(3)19-28-29(25(4,5)6,22-14-10-8-11-15-22)23-16-12-9-13-17-23/h8-17,20-21H,7,18-19H2,1-6H3/t20-,21+/m0/s1. The van der Waals surface area contributed by atoms with E-state index in [2.05, 4.69) is 95.3 Å². The summed E-state index contributed by atoms with van der Waals surface area (Å²) in [7, 11) is -2.53. The number of ether oxygens (including phenoxy) is 1. The fourth-order valence-corrected chi connectivity index (χ4v) is 8.53. The minimum absolute atomic E-state index is 0.0419. The Morgan fingerprint density at radius 3 is 1.79 bits per heavy atom. The smallest absolute Gasteiger partial charge is 0.306 e. The van der Waals surface area contributed by atoms with E-state index in [1.54, 1.807) is 0 Å². The number of benzene rings is 2. The molecule has 0 aliphatic carbocycles. The van der Waals surface area contributed by atoms with E-state index in [1.165, 1.54) is 10.4 Å². The highest BCUT2D eigenvalue weighted by atomic mass is 28.4. The van der Waals surface area contributed by atoms with Crippen molar-refractivity contribution in [3.05, 3.63) is 60.7 Å². The minimum atomic E-state index is -2.53. The van der Waals surface area contributed by atoms with Crippen LogP contribution in [0.4, 0.5) is 0 Å². The normalized spacial score (nSPS) is 14.3. The number of hydrogen-bond donors (Lipinski definition) is 0. The fraction of sp³-hybridized carbons (Fsp3) is 0.480. The monoisotopic (exact) mass is 412 g/mol. The number of carbonyl (C=O) groups excluding carboxylic acids is 1. The van der Waals surface area contributed by atoms with Gasteiger partial charge in [0.1, 0.15) is 0 Å². The van der Waals surface area contributed by atoms with Gasteiger partial charge in [0, 0.05) is 13.0 Å². The van der Waals surface area contributed by atoms with Crippen molar-refractivity contribution in [1.29, 1.82) is 0 Å². The summed E-state index contributed by atoms with van der Waals surface area (Å²) in [6, 6.07) is 21.3. The van der Waals surface area contributed by atoms with Gasteiger partial charge in [0.15, 0.2) is 0 Å². The molecule has 0 saturated heterocycles. The first kappa shape index (κ1) is 23.4. The molecule has 0 radical (unpaired) electrons. The second kappa shape index (κ2) is 10.2. The van der Waals surface area contributed by atoms with Gasteiger partial charge in [-0.2, -0.15) is 0 Å². The average Bonchev–Trinajstić information content (AvgIpc) is 2.69. The van der Waals surface area contributed by atoms with Crippen molar-refractivity contribution in [2.45, 2.75) is 53.0 Å². The Hall–Kier alpha value is -1.91. The molecule has 2 rings (SSSR count). The van der Waals surface area contributed by atoms with Crippen LogP contribution in [0.25, 0.3) is 0 Å². The molecule has 2 aromatic rings. The van der Waals surface area contributed by atoms with Crippen LogP contribution in [0.15, 0.2) is 60.7 Å². The zero-order chi connectivity index (χ0) is 21.5. The molecule has 0 N–H and O–H groups in total. The van der Waals surface area contributed by atoms with E-state index in [9.17, 15) is 4.79 Å². The van der Waals surface area contributed by atoms with E-state index in [-0.39, 0.29) is 22.8 Å². The Morgan fingerprint density at radius 1 is 0.897 bits per heavy atom. The van der Waals surface area contributed by atoms with E-state index in [0.717, 1.165) is 0 Å². The van der Waals surface area contributed by atoms with Crippen LogP contribution < -0.4 is 10.4 Å². The van der Waals surface area contributed by atoms with Crippen molar-refractivity contribution < 1.29 is 14.0 Å². The third-order valence-electron chi connectivity index (χ3n) is 5.74. The summed E-state index contributed by atoms with van der Waals surface area (Å²) in [5.41, 5.74) is 0. The third kappa shape index (κ3) is 5.58. The first-order chi connectivity index (χ1) is 13.7. The van der Waals surface area contributed by atoms with Crippen LogP contribution in [0.5, 0.6) is 0 Å². The lowest BCUT2D eigenvalue weighted by Gasteiger charge is -2.44. The van der Waals surface area contributed by atoms with Gasteiger partial charge in [0.2, 0.25) is 0 Å². The Kier molecular flexibility index (Phi) is 8.23. The van der Waals surface area contributed by atoms with Gasteiger partial charge in [-0.25, -0.2) is 0 Å². The highest BCUT2D eigenvalue weighted by Gasteiger charge is 2.50. The molecule has 0 aliphatic heterocycles. The molecule has 4 heteroatoms. The van der Waals surface area contributed by atoms with Gasteiger partial charge < -0.3 is 9.16 Å². The lowest BCUT2D eigenvalue weighted by molar-refractivity contribution is -0.144. The molecule has 0 saturated carbocycles. The van der Waals surface area contributed by atoms with Crippen molar-refractivity contribution in [3.63, 3.8) is 0 Å². The van der Waals surface area contributed by atoms with Crippen molar-refractivity contribution in [2.24, 2.45) is 11.8 Å². The Bertz CT molecular complexity index is 713.